The number of carbonyl (C=O) groups excluding carboxylic acids is 2. The van der Waals surface area contributed by atoms with Crippen molar-refractivity contribution in [2.24, 2.45) is 5.41 Å². The van der Waals surface area contributed by atoms with Crippen LogP contribution in [0.3, 0.4) is 0 Å². The normalized spacial score (nSPS) is 12.9. The van der Waals surface area contributed by atoms with E-state index >= 15 is 0 Å². The van der Waals surface area contributed by atoms with Crippen LogP contribution >= 0.6 is 0 Å². The van der Waals surface area contributed by atoms with E-state index in [1.807, 2.05) is 32.3 Å². The highest BCUT2D eigenvalue weighted by atomic mass is 32.2. The molecule has 0 unspecified atom stereocenters. The number of fused-ring (bicyclic) bond motifs is 1. The van der Waals surface area contributed by atoms with E-state index in [-0.39, 0.29) is 17.4 Å². The molecule has 10 heteroatoms. The molecule has 9 nitrogen and oxygen atoms in total. The Labute approximate surface area is 211 Å². The number of hydrogen-bond donors (Lipinski definition) is 4. The first-order valence-electron chi connectivity index (χ1n) is 11.6. The Hall–Kier alpha value is -3.47. The maximum atomic E-state index is 13.2. The third-order valence-electron chi connectivity index (χ3n) is 5.70. The predicted octanol–water partition coefficient (Wildman–Crippen LogP) is 1.55. The van der Waals surface area contributed by atoms with Crippen LogP contribution in [-0.2, 0) is 24.3 Å². The molecule has 3 aromatic carbocycles. The van der Waals surface area contributed by atoms with E-state index in [1.54, 1.807) is 63.2 Å². The van der Waals surface area contributed by atoms with Gasteiger partial charge in [0.15, 0.2) is 6.04 Å². The van der Waals surface area contributed by atoms with Crippen LogP contribution in [0.2, 0.25) is 0 Å². The summed E-state index contributed by atoms with van der Waals surface area (Å²) in [4.78, 5) is 25.6. The van der Waals surface area contributed by atoms with Crippen molar-refractivity contribution in [3.05, 3.63) is 60.7 Å². The fraction of sp³-hybridized carbons (Fsp3) is 0.308. The van der Waals surface area contributed by atoms with Crippen molar-refractivity contribution in [2.45, 2.75) is 31.7 Å². The Balaban J connectivity index is 1.74. The number of amides is 1. The van der Waals surface area contributed by atoms with E-state index in [9.17, 15) is 18.0 Å². The monoisotopic (exact) mass is 514 g/mol. The highest BCUT2D eigenvalue weighted by molar-refractivity contribution is 7.93. The van der Waals surface area contributed by atoms with Gasteiger partial charge in [-0.15, -0.1) is 0 Å². The summed E-state index contributed by atoms with van der Waals surface area (Å²) in [6.45, 7) is 4.86. The second-order valence-electron chi connectivity index (χ2n) is 9.69. The van der Waals surface area contributed by atoms with E-state index in [1.165, 1.54) is 0 Å². The van der Waals surface area contributed by atoms with Crippen molar-refractivity contribution in [1.29, 1.82) is 0 Å². The standard InChI is InChI=1S/C26H32N4O5S/c1-17(27)24(31)35-16-26(2,3)25(32)28-18-12-14-19(15-13-18)29-36(33,34)23-11-7-8-20-21(23)9-6-10-22(20)30(4)5/h6-15,17,29H,16,27H2,1-5H3,(H,28,32)/p+2/t17-/m0/s1. The Kier molecular flexibility index (Phi) is 8.02. The van der Waals surface area contributed by atoms with E-state index in [2.05, 4.69) is 15.8 Å². The SMILES string of the molecule is C[C@H]([NH3+])C(=O)OCC(C)(C)C(=O)Nc1ccc(NS(=O)(=O)c2cccc3c([NH+](C)C)cccc23)cc1. The molecule has 192 valence electrons. The van der Waals surface area contributed by atoms with Gasteiger partial charge in [0.1, 0.15) is 12.3 Å². The van der Waals surface area contributed by atoms with Crippen LogP contribution in [0.1, 0.15) is 20.8 Å². The molecule has 1 atom stereocenters. The van der Waals surface area contributed by atoms with Gasteiger partial charge < -0.3 is 20.7 Å². The highest BCUT2D eigenvalue weighted by Gasteiger charge is 2.30. The van der Waals surface area contributed by atoms with Gasteiger partial charge in [-0.2, -0.15) is 0 Å². The Bertz CT molecular complexity index is 1370. The third-order valence-corrected chi connectivity index (χ3v) is 7.14. The lowest BCUT2D eigenvalue weighted by Gasteiger charge is -2.23. The third kappa shape index (κ3) is 6.20. The van der Waals surface area contributed by atoms with Crippen LogP contribution in [-0.4, -0.2) is 47.0 Å². The summed E-state index contributed by atoms with van der Waals surface area (Å²) in [7, 11) is 0.119. The average Bonchev–Trinajstić information content (AvgIpc) is 2.82. The number of hydrogen-bond acceptors (Lipinski definition) is 5. The second-order valence-corrected chi connectivity index (χ2v) is 11.3. The number of rotatable bonds is 9. The Morgan fingerprint density at radius 1 is 0.972 bits per heavy atom. The Morgan fingerprint density at radius 2 is 1.56 bits per heavy atom. The van der Waals surface area contributed by atoms with Gasteiger partial charge in [0.25, 0.3) is 10.0 Å². The first kappa shape index (κ1) is 27.1. The zero-order valence-electron chi connectivity index (χ0n) is 21.2. The molecule has 1 amide bonds. The van der Waals surface area contributed by atoms with Crippen LogP contribution in [0, 0.1) is 5.41 Å². The maximum absolute atomic E-state index is 13.2. The molecule has 36 heavy (non-hydrogen) atoms. The van der Waals surface area contributed by atoms with E-state index in [0.717, 1.165) is 16.0 Å². The molecule has 0 fully saturated rings. The lowest BCUT2D eigenvalue weighted by atomic mass is 9.93. The minimum absolute atomic E-state index is 0.0858. The van der Waals surface area contributed by atoms with Gasteiger partial charge >= 0.3 is 5.97 Å². The predicted molar refractivity (Wildman–Crippen MR) is 139 cm³/mol. The minimum Gasteiger partial charge on any atom is -0.460 e. The highest BCUT2D eigenvalue weighted by Crippen LogP contribution is 2.29. The molecule has 0 aromatic heterocycles. The molecule has 0 heterocycles. The maximum Gasteiger partial charge on any atom is 0.364 e. The molecule has 0 saturated carbocycles. The van der Waals surface area contributed by atoms with Crippen molar-refractivity contribution < 1.29 is 33.4 Å². The fourth-order valence-electron chi connectivity index (χ4n) is 3.54. The number of ether oxygens (including phenoxy) is 1. The number of anilines is 2. The van der Waals surface area contributed by atoms with Crippen molar-refractivity contribution in [1.82, 2.24) is 0 Å². The number of carbonyl (C=O) groups is 2. The van der Waals surface area contributed by atoms with Crippen LogP contribution in [0.15, 0.2) is 65.6 Å². The summed E-state index contributed by atoms with van der Waals surface area (Å²) in [6.07, 6.45) is 0. The summed E-state index contributed by atoms with van der Waals surface area (Å²) in [5.41, 5.74) is 4.48. The summed E-state index contributed by atoms with van der Waals surface area (Å²) >= 11 is 0. The van der Waals surface area contributed by atoms with Crippen LogP contribution in [0.5, 0.6) is 0 Å². The average molecular weight is 515 g/mol. The quantitative estimate of drug-likeness (QED) is 0.322. The zero-order chi connectivity index (χ0) is 26.7. The molecule has 0 radical (unpaired) electrons. The topological polar surface area (TPSA) is 134 Å². The first-order valence-corrected chi connectivity index (χ1v) is 13.1. The van der Waals surface area contributed by atoms with Crippen LogP contribution in [0.4, 0.5) is 17.1 Å². The van der Waals surface area contributed by atoms with Gasteiger partial charge in [-0.05, 0) is 63.2 Å². The molecule has 0 saturated heterocycles. The number of nitrogens with one attached hydrogen (secondary N) is 3. The smallest absolute Gasteiger partial charge is 0.364 e. The molecule has 0 aliphatic heterocycles. The molecular weight excluding hydrogens is 480 g/mol. The van der Waals surface area contributed by atoms with Crippen LogP contribution in [0.25, 0.3) is 10.8 Å². The molecule has 0 aliphatic carbocycles. The molecule has 0 spiro atoms. The van der Waals surface area contributed by atoms with Crippen molar-refractivity contribution in [3.8, 4) is 0 Å². The minimum atomic E-state index is -3.86. The lowest BCUT2D eigenvalue weighted by molar-refractivity contribution is -0.785. The number of sulfonamides is 1. The van der Waals surface area contributed by atoms with Gasteiger partial charge in [-0.25, -0.2) is 13.2 Å². The van der Waals surface area contributed by atoms with Gasteiger partial charge in [0.05, 0.1) is 24.4 Å². The molecule has 3 rings (SSSR count). The zero-order valence-corrected chi connectivity index (χ0v) is 22.0. The van der Waals surface area contributed by atoms with Gasteiger partial charge in [-0.1, -0.05) is 18.2 Å². The fourth-order valence-corrected chi connectivity index (χ4v) is 4.82. The van der Waals surface area contributed by atoms with Crippen molar-refractivity contribution in [2.75, 3.05) is 30.7 Å². The van der Waals surface area contributed by atoms with Crippen LogP contribution < -0.4 is 20.7 Å². The van der Waals surface area contributed by atoms with Gasteiger partial charge in [-0.3, -0.25) is 9.52 Å². The van der Waals surface area contributed by atoms with Gasteiger partial charge in [0, 0.05) is 22.1 Å². The van der Waals surface area contributed by atoms with Crippen molar-refractivity contribution >= 4 is 49.7 Å². The molecule has 0 aliphatic rings. The summed E-state index contributed by atoms with van der Waals surface area (Å²) in [5.74, 6) is -0.812. The number of benzene rings is 3. The second kappa shape index (κ2) is 10.7. The lowest BCUT2D eigenvalue weighted by Crippen LogP contribution is -3.00. The number of esters is 1. The summed E-state index contributed by atoms with van der Waals surface area (Å²) < 4.78 is 34.2. The molecule has 6 N–H and O–H groups in total. The van der Waals surface area contributed by atoms with E-state index in [4.69, 9.17) is 4.74 Å². The molecule has 3 aromatic rings. The van der Waals surface area contributed by atoms with Crippen molar-refractivity contribution in [3.63, 3.8) is 0 Å². The Morgan fingerprint density at radius 3 is 2.17 bits per heavy atom. The van der Waals surface area contributed by atoms with E-state index in [0.29, 0.717) is 16.8 Å². The largest absolute Gasteiger partial charge is 0.460 e. The first-order chi connectivity index (χ1) is 16.8. The van der Waals surface area contributed by atoms with E-state index < -0.39 is 27.4 Å². The molecular formula is C26H34N4O5S+2. The molecule has 0 bridgehead atoms. The van der Waals surface area contributed by atoms with Gasteiger partial charge in [0.2, 0.25) is 5.91 Å². The number of quaternary nitrogens is 2. The summed E-state index contributed by atoms with van der Waals surface area (Å²) in [6, 6.07) is 16.7. The summed E-state index contributed by atoms with van der Waals surface area (Å²) in [5, 5.41) is 4.29.